The molecule has 2 bridgehead atoms. The van der Waals surface area contributed by atoms with E-state index in [9.17, 15) is 24.9 Å². The lowest BCUT2D eigenvalue weighted by atomic mass is 9.78. The summed E-state index contributed by atoms with van der Waals surface area (Å²) in [5.74, 6) is -2.31. The Morgan fingerprint density at radius 2 is 1.38 bits per heavy atom. The zero-order valence-corrected chi connectivity index (χ0v) is 11.1. The fourth-order valence-corrected chi connectivity index (χ4v) is 4.29. The Hall–Kier alpha value is -1.92. The molecule has 0 radical (unpaired) electrons. The molecule has 2 saturated carbocycles. The van der Waals surface area contributed by atoms with Crippen LogP contribution in [0.1, 0.15) is 6.42 Å². The van der Waals surface area contributed by atoms with E-state index in [0.717, 1.165) is 4.90 Å². The van der Waals surface area contributed by atoms with Crippen LogP contribution in [0.3, 0.4) is 0 Å². The van der Waals surface area contributed by atoms with Crippen LogP contribution in [-0.4, -0.2) is 39.3 Å². The summed E-state index contributed by atoms with van der Waals surface area (Å²) in [4.78, 5) is 26.3. The van der Waals surface area contributed by atoms with E-state index < -0.39 is 24.0 Å². The second-order valence-corrected chi connectivity index (χ2v) is 6.12. The standard InChI is InChI=1S/C15H15NO5/c17-7-3-1-6(2-4-7)16-14(20)10-8-5-9(11(10)15(16)21)13(19)12(8)18/h1-4,8-13,17-19H,5H2/t8-,9-,10+,11+,12-,13+/m1/s1. The van der Waals surface area contributed by atoms with Crippen molar-refractivity contribution < 1.29 is 24.9 Å². The number of hydrogen-bond acceptors (Lipinski definition) is 5. The summed E-state index contributed by atoms with van der Waals surface area (Å²) in [6, 6.07) is 5.87. The van der Waals surface area contributed by atoms with Crippen molar-refractivity contribution in [1.29, 1.82) is 0 Å². The quantitative estimate of drug-likeness (QED) is 0.626. The number of amides is 2. The van der Waals surface area contributed by atoms with Gasteiger partial charge in [0.1, 0.15) is 5.75 Å². The highest BCUT2D eigenvalue weighted by atomic mass is 16.3. The van der Waals surface area contributed by atoms with Crippen LogP contribution in [0.2, 0.25) is 0 Å². The molecule has 1 heterocycles. The second kappa shape index (κ2) is 4.05. The predicted molar refractivity (Wildman–Crippen MR) is 71.2 cm³/mol. The Labute approximate surface area is 120 Å². The molecule has 1 aromatic rings. The van der Waals surface area contributed by atoms with Gasteiger partial charge in [-0.3, -0.25) is 14.5 Å². The minimum Gasteiger partial charge on any atom is -0.508 e. The summed E-state index contributed by atoms with van der Waals surface area (Å²) in [5, 5.41) is 29.2. The minimum atomic E-state index is -0.923. The first-order valence-electron chi connectivity index (χ1n) is 7.03. The summed E-state index contributed by atoms with van der Waals surface area (Å²) in [7, 11) is 0. The van der Waals surface area contributed by atoms with Crippen LogP contribution in [-0.2, 0) is 9.59 Å². The van der Waals surface area contributed by atoms with Crippen LogP contribution in [0.5, 0.6) is 5.75 Å². The van der Waals surface area contributed by atoms with E-state index in [-0.39, 0.29) is 29.4 Å². The smallest absolute Gasteiger partial charge is 0.238 e. The average molecular weight is 289 g/mol. The summed E-state index contributed by atoms with van der Waals surface area (Å²) in [6.07, 6.45) is -1.32. The van der Waals surface area contributed by atoms with Gasteiger partial charge in [0.05, 0.1) is 29.7 Å². The van der Waals surface area contributed by atoms with Gasteiger partial charge < -0.3 is 15.3 Å². The molecule has 2 amide bonds. The number of carbonyl (C=O) groups is 2. The van der Waals surface area contributed by atoms with E-state index >= 15 is 0 Å². The summed E-state index contributed by atoms with van der Waals surface area (Å²) in [5.41, 5.74) is 0.417. The molecule has 2 aliphatic carbocycles. The molecule has 6 heteroatoms. The molecule has 0 aromatic heterocycles. The lowest BCUT2D eigenvalue weighted by Crippen LogP contribution is -2.43. The lowest BCUT2D eigenvalue weighted by Gasteiger charge is -2.29. The first-order chi connectivity index (χ1) is 10.0. The fourth-order valence-electron chi connectivity index (χ4n) is 4.29. The SMILES string of the molecule is O=C1[C@H]2[C@H]3C[C@@H]([C@@H](O)[C@H]3O)[C@@H]2C(=O)N1c1ccc(O)cc1. The van der Waals surface area contributed by atoms with Crippen LogP contribution in [0.4, 0.5) is 5.69 Å². The van der Waals surface area contributed by atoms with Gasteiger partial charge >= 0.3 is 0 Å². The lowest BCUT2D eigenvalue weighted by molar-refractivity contribution is -0.129. The van der Waals surface area contributed by atoms with Crippen molar-refractivity contribution in [2.75, 3.05) is 4.90 Å². The minimum absolute atomic E-state index is 0.0592. The molecular formula is C15H15NO5. The first kappa shape index (κ1) is 12.8. The van der Waals surface area contributed by atoms with Crippen LogP contribution < -0.4 is 4.90 Å². The number of phenolic OH excluding ortho intramolecular Hbond substituents is 1. The number of aliphatic hydroxyl groups excluding tert-OH is 2. The molecule has 1 saturated heterocycles. The number of benzene rings is 1. The maximum absolute atomic E-state index is 12.6. The summed E-state index contributed by atoms with van der Waals surface area (Å²) >= 11 is 0. The molecule has 4 rings (SSSR count). The maximum Gasteiger partial charge on any atom is 0.238 e. The molecule has 110 valence electrons. The molecule has 21 heavy (non-hydrogen) atoms. The largest absolute Gasteiger partial charge is 0.508 e. The number of anilines is 1. The van der Waals surface area contributed by atoms with Gasteiger partial charge in [0.25, 0.3) is 0 Å². The van der Waals surface area contributed by atoms with Crippen LogP contribution >= 0.6 is 0 Å². The number of nitrogens with zero attached hydrogens (tertiary/aromatic N) is 1. The molecule has 3 fully saturated rings. The Morgan fingerprint density at radius 1 is 0.905 bits per heavy atom. The summed E-state index contributed by atoms with van der Waals surface area (Å²) < 4.78 is 0. The second-order valence-electron chi connectivity index (χ2n) is 6.12. The highest BCUT2D eigenvalue weighted by molar-refractivity contribution is 6.22. The number of aromatic hydroxyl groups is 1. The first-order valence-corrected chi connectivity index (χ1v) is 7.03. The van der Waals surface area contributed by atoms with Crippen molar-refractivity contribution in [2.24, 2.45) is 23.7 Å². The average Bonchev–Trinajstić information content (AvgIpc) is 3.06. The number of imide groups is 1. The van der Waals surface area contributed by atoms with Crippen molar-refractivity contribution in [1.82, 2.24) is 0 Å². The predicted octanol–water partition coefficient (Wildman–Crippen LogP) is -0.131. The van der Waals surface area contributed by atoms with Crippen molar-refractivity contribution in [3.8, 4) is 5.75 Å². The Bertz CT molecular complexity index is 595. The van der Waals surface area contributed by atoms with E-state index in [1.165, 1.54) is 24.3 Å². The van der Waals surface area contributed by atoms with Gasteiger partial charge in [-0.25, -0.2) is 0 Å². The van der Waals surface area contributed by atoms with Gasteiger partial charge in [0.2, 0.25) is 11.8 Å². The summed E-state index contributed by atoms with van der Waals surface area (Å²) in [6.45, 7) is 0. The van der Waals surface area contributed by atoms with Gasteiger partial charge in [-0.1, -0.05) is 0 Å². The molecule has 0 spiro atoms. The number of rotatable bonds is 1. The molecular weight excluding hydrogens is 274 g/mol. The fraction of sp³-hybridized carbons (Fsp3) is 0.467. The number of fused-ring (bicyclic) bond motifs is 5. The third-order valence-electron chi connectivity index (χ3n) is 5.20. The van der Waals surface area contributed by atoms with Gasteiger partial charge in [-0.15, -0.1) is 0 Å². The Kier molecular flexibility index (Phi) is 2.47. The van der Waals surface area contributed by atoms with Crippen LogP contribution in [0, 0.1) is 23.7 Å². The van der Waals surface area contributed by atoms with Crippen molar-refractivity contribution in [3.05, 3.63) is 24.3 Å². The van der Waals surface area contributed by atoms with E-state index in [2.05, 4.69) is 0 Å². The van der Waals surface area contributed by atoms with E-state index in [1.54, 1.807) is 0 Å². The van der Waals surface area contributed by atoms with E-state index in [4.69, 9.17) is 0 Å². The van der Waals surface area contributed by atoms with Gasteiger partial charge in [-0.2, -0.15) is 0 Å². The van der Waals surface area contributed by atoms with Crippen molar-refractivity contribution in [3.63, 3.8) is 0 Å². The third kappa shape index (κ3) is 1.49. The van der Waals surface area contributed by atoms with Gasteiger partial charge in [0.15, 0.2) is 0 Å². The van der Waals surface area contributed by atoms with Crippen molar-refractivity contribution in [2.45, 2.75) is 18.6 Å². The monoisotopic (exact) mass is 289 g/mol. The molecule has 3 N–H and O–H groups in total. The third-order valence-corrected chi connectivity index (χ3v) is 5.20. The zero-order valence-electron chi connectivity index (χ0n) is 11.1. The Balaban J connectivity index is 1.73. The molecule has 1 aromatic carbocycles. The topological polar surface area (TPSA) is 98.1 Å². The van der Waals surface area contributed by atoms with Crippen LogP contribution in [0.25, 0.3) is 0 Å². The highest BCUT2D eigenvalue weighted by Gasteiger charge is 2.67. The zero-order chi connectivity index (χ0) is 14.9. The van der Waals surface area contributed by atoms with Gasteiger partial charge in [-0.05, 0) is 30.7 Å². The molecule has 3 aliphatic rings. The maximum atomic E-state index is 12.6. The number of phenols is 1. The molecule has 6 atom stereocenters. The normalized spacial score (nSPS) is 41.0. The van der Waals surface area contributed by atoms with Gasteiger partial charge in [0, 0.05) is 11.8 Å². The van der Waals surface area contributed by atoms with E-state index in [1.807, 2.05) is 0 Å². The Morgan fingerprint density at radius 3 is 1.86 bits per heavy atom. The number of aliphatic hydroxyl groups is 2. The molecule has 0 unspecified atom stereocenters. The van der Waals surface area contributed by atoms with Crippen molar-refractivity contribution >= 4 is 17.5 Å². The number of hydrogen-bond donors (Lipinski definition) is 3. The molecule has 6 nitrogen and oxygen atoms in total. The molecule has 1 aliphatic heterocycles. The van der Waals surface area contributed by atoms with Crippen LogP contribution in [0.15, 0.2) is 24.3 Å². The highest BCUT2D eigenvalue weighted by Crippen LogP contribution is 2.56. The number of carbonyl (C=O) groups excluding carboxylic acids is 2. The van der Waals surface area contributed by atoms with E-state index in [0.29, 0.717) is 12.1 Å².